The lowest BCUT2D eigenvalue weighted by molar-refractivity contribution is -0.119. The highest BCUT2D eigenvalue weighted by Crippen LogP contribution is 2.29. The van der Waals surface area contributed by atoms with E-state index in [2.05, 4.69) is 24.4 Å². The summed E-state index contributed by atoms with van der Waals surface area (Å²) in [4.78, 5) is 12.3. The number of sulfonamides is 1. The van der Waals surface area contributed by atoms with Crippen molar-refractivity contribution in [3.05, 3.63) is 54.1 Å². The highest BCUT2D eigenvalue weighted by Gasteiger charge is 2.23. The third kappa shape index (κ3) is 7.93. The van der Waals surface area contributed by atoms with Crippen molar-refractivity contribution < 1.29 is 22.7 Å². The number of nitrogens with zero attached hydrogens (tertiary/aromatic N) is 2. The third-order valence-corrected chi connectivity index (χ3v) is 5.11. The standard InChI is InChI=1S/C22H29N3O5S/c1-5-29-21-9-7-6-8-20(21)25(31(4,27)28)15-22(26)24-23-14-18-10-12-19(13-11-18)30-16-17(2)3/h6-14,17H,5,15-16H2,1-4H3,(H,24,26)/b23-14-. The summed E-state index contributed by atoms with van der Waals surface area (Å²) in [6.45, 7) is 6.52. The number of hydrogen-bond donors (Lipinski definition) is 1. The van der Waals surface area contributed by atoms with E-state index in [1.54, 1.807) is 31.2 Å². The molecule has 1 N–H and O–H groups in total. The summed E-state index contributed by atoms with van der Waals surface area (Å²) in [5.41, 5.74) is 3.42. The fraction of sp³-hybridized carbons (Fsp3) is 0.364. The van der Waals surface area contributed by atoms with Gasteiger partial charge in [0.15, 0.2) is 0 Å². The van der Waals surface area contributed by atoms with Crippen LogP contribution in [0.25, 0.3) is 0 Å². The number of carbonyl (C=O) groups is 1. The predicted octanol–water partition coefficient (Wildman–Crippen LogP) is 3.04. The molecule has 168 valence electrons. The Bertz CT molecular complexity index is 988. The quantitative estimate of drug-likeness (QED) is 0.422. The Kier molecular flexibility index (Phi) is 8.87. The fourth-order valence-corrected chi connectivity index (χ4v) is 3.44. The Labute approximate surface area is 183 Å². The van der Waals surface area contributed by atoms with Gasteiger partial charge in [0.25, 0.3) is 5.91 Å². The molecule has 0 saturated heterocycles. The highest BCUT2D eigenvalue weighted by atomic mass is 32.2. The van der Waals surface area contributed by atoms with Crippen LogP contribution < -0.4 is 19.2 Å². The first-order chi connectivity index (χ1) is 14.7. The zero-order chi connectivity index (χ0) is 22.9. The van der Waals surface area contributed by atoms with Crippen molar-refractivity contribution in [1.82, 2.24) is 5.43 Å². The van der Waals surface area contributed by atoms with Gasteiger partial charge in [-0.15, -0.1) is 0 Å². The smallest absolute Gasteiger partial charge is 0.260 e. The summed E-state index contributed by atoms with van der Waals surface area (Å²) in [5, 5.41) is 3.91. The van der Waals surface area contributed by atoms with Crippen molar-refractivity contribution in [3.8, 4) is 11.5 Å². The molecular weight excluding hydrogens is 418 g/mol. The summed E-state index contributed by atoms with van der Waals surface area (Å²) < 4.78 is 36.7. The summed E-state index contributed by atoms with van der Waals surface area (Å²) >= 11 is 0. The molecule has 0 aliphatic rings. The number of amides is 1. The van der Waals surface area contributed by atoms with Gasteiger partial charge in [-0.3, -0.25) is 9.10 Å². The number of nitrogens with one attached hydrogen (secondary N) is 1. The number of para-hydroxylation sites is 2. The molecule has 0 heterocycles. The molecule has 2 aromatic carbocycles. The first-order valence-corrected chi connectivity index (χ1v) is 11.8. The normalized spacial score (nSPS) is 11.5. The average molecular weight is 448 g/mol. The monoisotopic (exact) mass is 447 g/mol. The van der Waals surface area contributed by atoms with Crippen molar-refractivity contribution in [2.75, 3.05) is 30.3 Å². The molecule has 0 atom stereocenters. The van der Waals surface area contributed by atoms with E-state index in [0.29, 0.717) is 30.6 Å². The highest BCUT2D eigenvalue weighted by molar-refractivity contribution is 7.92. The van der Waals surface area contributed by atoms with Crippen LogP contribution in [0.4, 0.5) is 5.69 Å². The second-order valence-electron chi connectivity index (χ2n) is 7.24. The molecule has 31 heavy (non-hydrogen) atoms. The minimum Gasteiger partial charge on any atom is -0.493 e. The third-order valence-electron chi connectivity index (χ3n) is 3.99. The largest absolute Gasteiger partial charge is 0.493 e. The first kappa shape index (κ1) is 24.2. The Balaban J connectivity index is 2.02. The van der Waals surface area contributed by atoms with Gasteiger partial charge in [-0.2, -0.15) is 5.10 Å². The van der Waals surface area contributed by atoms with Gasteiger partial charge >= 0.3 is 0 Å². The van der Waals surface area contributed by atoms with E-state index in [9.17, 15) is 13.2 Å². The maximum absolute atomic E-state index is 12.3. The van der Waals surface area contributed by atoms with Gasteiger partial charge < -0.3 is 9.47 Å². The second-order valence-corrected chi connectivity index (χ2v) is 9.14. The molecule has 0 aliphatic heterocycles. The van der Waals surface area contributed by atoms with Crippen molar-refractivity contribution >= 4 is 27.8 Å². The lowest BCUT2D eigenvalue weighted by atomic mass is 10.2. The Morgan fingerprint density at radius 2 is 1.81 bits per heavy atom. The van der Waals surface area contributed by atoms with Gasteiger partial charge in [0.05, 0.1) is 31.4 Å². The lowest BCUT2D eigenvalue weighted by Gasteiger charge is -2.23. The van der Waals surface area contributed by atoms with E-state index in [4.69, 9.17) is 9.47 Å². The number of carbonyl (C=O) groups excluding carboxylic acids is 1. The molecule has 2 aromatic rings. The van der Waals surface area contributed by atoms with Crippen LogP contribution in [0.15, 0.2) is 53.6 Å². The minimum absolute atomic E-state index is 0.294. The maximum Gasteiger partial charge on any atom is 0.260 e. The molecule has 2 rings (SSSR count). The second kappa shape index (κ2) is 11.4. The van der Waals surface area contributed by atoms with E-state index in [-0.39, 0.29) is 0 Å². The van der Waals surface area contributed by atoms with Crippen LogP contribution in [0.5, 0.6) is 11.5 Å². The number of benzene rings is 2. The van der Waals surface area contributed by atoms with Crippen LogP contribution in [0.1, 0.15) is 26.3 Å². The molecule has 0 aliphatic carbocycles. The molecule has 0 bridgehead atoms. The lowest BCUT2D eigenvalue weighted by Crippen LogP contribution is -2.39. The van der Waals surface area contributed by atoms with Crippen LogP contribution in [0, 0.1) is 5.92 Å². The zero-order valence-electron chi connectivity index (χ0n) is 18.2. The van der Waals surface area contributed by atoms with E-state index in [1.165, 1.54) is 6.21 Å². The van der Waals surface area contributed by atoms with Gasteiger partial charge in [-0.1, -0.05) is 26.0 Å². The van der Waals surface area contributed by atoms with Gasteiger partial charge in [-0.25, -0.2) is 13.8 Å². The number of ether oxygens (including phenoxy) is 2. The molecule has 0 aromatic heterocycles. The SMILES string of the molecule is CCOc1ccccc1N(CC(=O)N/N=C\c1ccc(OCC(C)C)cc1)S(C)(=O)=O. The molecule has 0 fully saturated rings. The maximum atomic E-state index is 12.3. The molecule has 0 unspecified atom stereocenters. The first-order valence-electron chi connectivity index (χ1n) is 9.95. The topological polar surface area (TPSA) is 97.3 Å². The molecule has 0 saturated carbocycles. The van der Waals surface area contributed by atoms with E-state index in [0.717, 1.165) is 21.9 Å². The van der Waals surface area contributed by atoms with E-state index >= 15 is 0 Å². The Morgan fingerprint density at radius 1 is 1.13 bits per heavy atom. The van der Waals surface area contributed by atoms with Crippen molar-refractivity contribution in [1.29, 1.82) is 0 Å². The van der Waals surface area contributed by atoms with Crippen molar-refractivity contribution in [3.63, 3.8) is 0 Å². The number of hydrogen-bond acceptors (Lipinski definition) is 6. The van der Waals surface area contributed by atoms with Crippen molar-refractivity contribution in [2.45, 2.75) is 20.8 Å². The minimum atomic E-state index is -3.72. The Morgan fingerprint density at radius 3 is 2.42 bits per heavy atom. The van der Waals surface area contributed by atoms with E-state index in [1.807, 2.05) is 24.3 Å². The summed E-state index contributed by atoms with van der Waals surface area (Å²) in [6.07, 6.45) is 2.51. The Hall–Kier alpha value is -3.07. The number of anilines is 1. The van der Waals surface area contributed by atoms with Crippen LogP contribution in [-0.4, -0.2) is 46.6 Å². The molecule has 1 amide bonds. The molecule has 9 heteroatoms. The average Bonchev–Trinajstić information content (AvgIpc) is 2.71. The van der Waals surface area contributed by atoms with E-state index < -0.39 is 22.5 Å². The predicted molar refractivity (Wildman–Crippen MR) is 122 cm³/mol. The summed E-state index contributed by atoms with van der Waals surface area (Å²) in [7, 11) is -3.72. The zero-order valence-corrected chi connectivity index (χ0v) is 19.1. The van der Waals surface area contributed by atoms with Gasteiger partial charge in [0.2, 0.25) is 10.0 Å². The van der Waals surface area contributed by atoms with Crippen LogP contribution >= 0.6 is 0 Å². The summed E-state index contributed by atoms with van der Waals surface area (Å²) in [6, 6.07) is 13.9. The van der Waals surface area contributed by atoms with Crippen LogP contribution in [-0.2, 0) is 14.8 Å². The van der Waals surface area contributed by atoms with Gasteiger partial charge in [0, 0.05) is 0 Å². The number of rotatable bonds is 11. The molecule has 8 nitrogen and oxygen atoms in total. The van der Waals surface area contributed by atoms with Crippen LogP contribution in [0.2, 0.25) is 0 Å². The van der Waals surface area contributed by atoms with Crippen LogP contribution in [0.3, 0.4) is 0 Å². The molecular formula is C22H29N3O5S. The molecule has 0 spiro atoms. The summed E-state index contributed by atoms with van der Waals surface area (Å²) in [5.74, 6) is 0.992. The fourth-order valence-electron chi connectivity index (χ4n) is 2.58. The molecule has 0 radical (unpaired) electrons. The van der Waals surface area contributed by atoms with Gasteiger partial charge in [0.1, 0.15) is 18.0 Å². The van der Waals surface area contributed by atoms with Gasteiger partial charge in [-0.05, 0) is 54.8 Å². The number of hydrazone groups is 1. The van der Waals surface area contributed by atoms with Crippen molar-refractivity contribution in [2.24, 2.45) is 11.0 Å².